The minimum Gasteiger partial charge on any atom is -0.496 e. The van der Waals surface area contributed by atoms with Crippen LogP contribution in [0.25, 0.3) is 0 Å². The summed E-state index contributed by atoms with van der Waals surface area (Å²) < 4.78 is 5.59. The van der Waals surface area contributed by atoms with Crippen molar-refractivity contribution >= 4 is 0 Å². The van der Waals surface area contributed by atoms with Crippen LogP contribution in [0.4, 0.5) is 0 Å². The van der Waals surface area contributed by atoms with Crippen molar-refractivity contribution in [2.45, 2.75) is 58.3 Å². The standard InChI is InChI=1S/C18H26O/c1-17(2)11-6-12-18(3)14-7-5-8-15(19-4)13(14)9-10-16(17)18/h5,7-8,16H,6,9-12H2,1-4H3/t16?,18-/m1/s1. The van der Waals surface area contributed by atoms with Gasteiger partial charge in [-0.25, -0.2) is 0 Å². The van der Waals surface area contributed by atoms with Gasteiger partial charge in [0, 0.05) is 0 Å². The Hall–Kier alpha value is -0.980. The lowest BCUT2D eigenvalue weighted by molar-refractivity contribution is 0.0402. The van der Waals surface area contributed by atoms with Crippen LogP contribution in [-0.2, 0) is 11.8 Å². The number of fused-ring (bicyclic) bond motifs is 3. The highest BCUT2D eigenvalue weighted by atomic mass is 16.5. The topological polar surface area (TPSA) is 9.23 Å². The zero-order valence-corrected chi connectivity index (χ0v) is 12.8. The Morgan fingerprint density at radius 2 is 1.95 bits per heavy atom. The van der Waals surface area contributed by atoms with E-state index in [1.165, 1.54) is 37.7 Å². The molecule has 2 aliphatic carbocycles. The van der Waals surface area contributed by atoms with E-state index in [0.717, 1.165) is 11.7 Å². The second-order valence-corrected chi connectivity index (χ2v) is 7.34. The minimum absolute atomic E-state index is 0.351. The Kier molecular flexibility index (Phi) is 2.92. The molecule has 0 heterocycles. The fourth-order valence-electron chi connectivity index (χ4n) is 4.99. The van der Waals surface area contributed by atoms with Crippen molar-refractivity contribution in [3.63, 3.8) is 0 Å². The van der Waals surface area contributed by atoms with Crippen LogP contribution in [0.1, 0.15) is 57.6 Å². The van der Waals surface area contributed by atoms with Gasteiger partial charge in [-0.15, -0.1) is 0 Å². The largest absolute Gasteiger partial charge is 0.496 e. The van der Waals surface area contributed by atoms with Gasteiger partial charge in [0.15, 0.2) is 0 Å². The van der Waals surface area contributed by atoms with Crippen LogP contribution < -0.4 is 4.74 Å². The molecule has 1 aromatic carbocycles. The van der Waals surface area contributed by atoms with Crippen molar-refractivity contribution < 1.29 is 4.74 Å². The van der Waals surface area contributed by atoms with E-state index < -0.39 is 0 Å². The molecule has 0 saturated heterocycles. The molecule has 3 rings (SSSR count). The molecule has 0 N–H and O–H groups in total. The van der Waals surface area contributed by atoms with Gasteiger partial charge in [-0.1, -0.05) is 39.3 Å². The van der Waals surface area contributed by atoms with E-state index in [9.17, 15) is 0 Å². The number of hydrogen-bond donors (Lipinski definition) is 0. The lowest BCUT2D eigenvalue weighted by Gasteiger charge is -2.54. The van der Waals surface area contributed by atoms with Gasteiger partial charge in [0.05, 0.1) is 7.11 Å². The van der Waals surface area contributed by atoms with Gasteiger partial charge < -0.3 is 4.74 Å². The van der Waals surface area contributed by atoms with Crippen LogP contribution in [0, 0.1) is 11.3 Å². The first-order chi connectivity index (χ1) is 8.99. The molecule has 19 heavy (non-hydrogen) atoms. The Morgan fingerprint density at radius 1 is 1.16 bits per heavy atom. The predicted molar refractivity (Wildman–Crippen MR) is 79.8 cm³/mol. The maximum atomic E-state index is 5.59. The molecule has 104 valence electrons. The third-order valence-corrected chi connectivity index (χ3v) is 5.88. The molecule has 1 nitrogen and oxygen atoms in total. The summed E-state index contributed by atoms with van der Waals surface area (Å²) in [5, 5.41) is 0. The first-order valence-electron chi connectivity index (χ1n) is 7.65. The summed E-state index contributed by atoms with van der Waals surface area (Å²) in [6.07, 6.45) is 6.57. The number of benzene rings is 1. The second-order valence-electron chi connectivity index (χ2n) is 7.34. The molecule has 1 aromatic rings. The van der Waals surface area contributed by atoms with Gasteiger partial charge in [0.25, 0.3) is 0 Å². The number of methoxy groups -OCH3 is 1. The summed E-state index contributed by atoms with van der Waals surface area (Å²) in [7, 11) is 1.80. The predicted octanol–water partition coefficient (Wildman–Crippen LogP) is 4.73. The molecular formula is C18H26O. The molecule has 2 atom stereocenters. The molecule has 0 radical (unpaired) electrons. The Balaban J connectivity index is 2.13. The lowest BCUT2D eigenvalue weighted by atomic mass is 9.50. The maximum Gasteiger partial charge on any atom is 0.122 e. The summed E-state index contributed by atoms with van der Waals surface area (Å²) in [6.45, 7) is 7.44. The Morgan fingerprint density at radius 3 is 2.68 bits per heavy atom. The Bertz CT molecular complexity index is 488. The zero-order valence-electron chi connectivity index (χ0n) is 12.8. The summed E-state index contributed by atoms with van der Waals surface area (Å²) in [6, 6.07) is 6.65. The number of hydrogen-bond acceptors (Lipinski definition) is 1. The smallest absolute Gasteiger partial charge is 0.122 e. The molecule has 0 aliphatic heterocycles. The van der Waals surface area contributed by atoms with Gasteiger partial charge in [-0.2, -0.15) is 0 Å². The fraction of sp³-hybridized carbons (Fsp3) is 0.667. The van der Waals surface area contributed by atoms with Gasteiger partial charge in [0.2, 0.25) is 0 Å². The van der Waals surface area contributed by atoms with Crippen LogP contribution >= 0.6 is 0 Å². The first kappa shape index (κ1) is 13.0. The van der Waals surface area contributed by atoms with E-state index >= 15 is 0 Å². The average Bonchev–Trinajstić information content (AvgIpc) is 2.37. The molecule has 1 heteroatoms. The summed E-state index contributed by atoms with van der Waals surface area (Å²) in [5.74, 6) is 1.91. The molecule has 0 bridgehead atoms. The molecule has 1 fully saturated rings. The highest BCUT2D eigenvalue weighted by molar-refractivity contribution is 5.47. The van der Waals surface area contributed by atoms with Gasteiger partial charge in [-0.3, -0.25) is 0 Å². The monoisotopic (exact) mass is 258 g/mol. The highest BCUT2D eigenvalue weighted by Gasteiger charge is 2.49. The van der Waals surface area contributed by atoms with Crippen molar-refractivity contribution in [3.8, 4) is 5.75 Å². The van der Waals surface area contributed by atoms with Gasteiger partial charge in [0.1, 0.15) is 5.75 Å². The van der Waals surface area contributed by atoms with Crippen molar-refractivity contribution in [3.05, 3.63) is 29.3 Å². The molecule has 0 aromatic heterocycles. The SMILES string of the molecule is COc1cccc2c1CCC1C(C)(C)CCC[C@]21C. The highest BCUT2D eigenvalue weighted by Crippen LogP contribution is 2.57. The lowest BCUT2D eigenvalue weighted by Crippen LogP contribution is -2.47. The minimum atomic E-state index is 0.351. The van der Waals surface area contributed by atoms with Crippen LogP contribution in [0.2, 0.25) is 0 Å². The van der Waals surface area contributed by atoms with Crippen molar-refractivity contribution in [2.75, 3.05) is 7.11 Å². The molecule has 0 spiro atoms. The number of rotatable bonds is 1. The molecular weight excluding hydrogens is 232 g/mol. The van der Waals surface area contributed by atoms with E-state index in [4.69, 9.17) is 4.74 Å². The molecule has 1 unspecified atom stereocenters. The van der Waals surface area contributed by atoms with E-state index in [1.54, 1.807) is 12.7 Å². The fourth-order valence-corrected chi connectivity index (χ4v) is 4.99. The van der Waals surface area contributed by atoms with Gasteiger partial charge >= 0.3 is 0 Å². The molecule has 0 amide bonds. The quantitative estimate of drug-likeness (QED) is 0.708. The maximum absolute atomic E-state index is 5.59. The van der Waals surface area contributed by atoms with Crippen LogP contribution in [0.5, 0.6) is 5.75 Å². The van der Waals surface area contributed by atoms with Gasteiger partial charge in [-0.05, 0) is 59.6 Å². The van der Waals surface area contributed by atoms with Crippen LogP contribution in [0.3, 0.4) is 0 Å². The molecule has 2 aliphatic rings. The summed E-state index contributed by atoms with van der Waals surface area (Å²) >= 11 is 0. The van der Waals surface area contributed by atoms with Crippen molar-refractivity contribution in [1.29, 1.82) is 0 Å². The second kappa shape index (κ2) is 4.26. The zero-order chi connectivity index (χ0) is 13.7. The number of ether oxygens (including phenoxy) is 1. The third kappa shape index (κ3) is 1.81. The average molecular weight is 258 g/mol. The Labute approximate surface area is 117 Å². The van der Waals surface area contributed by atoms with Crippen molar-refractivity contribution in [1.82, 2.24) is 0 Å². The van der Waals surface area contributed by atoms with Crippen molar-refractivity contribution in [2.24, 2.45) is 11.3 Å². The van der Waals surface area contributed by atoms with E-state index in [1.807, 2.05) is 0 Å². The van der Waals surface area contributed by atoms with E-state index in [-0.39, 0.29) is 0 Å². The molecule has 1 saturated carbocycles. The van der Waals surface area contributed by atoms with Crippen LogP contribution in [-0.4, -0.2) is 7.11 Å². The summed E-state index contributed by atoms with van der Waals surface area (Å²) in [4.78, 5) is 0. The van der Waals surface area contributed by atoms with E-state index in [2.05, 4.69) is 39.0 Å². The first-order valence-corrected chi connectivity index (χ1v) is 7.65. The summed E-state index contributed by atoms with van der Waals surface area (Å²) in [5.41, 5.74) is 3.87. The van der Waals surface area contributed by atoms with E-state index in [0.29, 0.717) is 10.8 Å². The van der Waals surface area contributed by atoms with Crippen LogP contribution in [0.15, 0.2) is 18.2 Å². The third-order valence-electron chi connectivity index (χ3n) is 5.88. The normalized spacial score (nSPS) is 32.3.